The van der Waals surface area contributed by atoms with E-state index < -0.39 is 11.7 Å². The highest BCUT2D eigenvalue weighted by atomic mass is 16.6. The highest BCUT2D eigenvalue weighted by Gasteiger charge is 2.24. The van der Waals surface area contributed by atoms with Crippen LogP contribution in [0.1, 0.15) is 38.6 Å². The predicted octanol–water partition coefficient (Wildman–Crippen LogP) is 3.01. The fraction of sp³-hybridized carbons (Fsp3) is 0.467. The summed E-state index contributed by atoms with van der Waals surface area (Å²) >= 11 is 0. The third-order valence-electron chi connectivity index (χ3n) is 3.42. The summed E-state index contributed by atoms with van der Waals surface area (Å²) in [5, 5.41) is 9.40. The van der Waals surface area contributed by atoms with E-state index in [0.29, 0.717) is 23.3 Å². The van der Waals surface area contributed by atoms with Gasteiger partial charge in [0, 0.05) is 0 Å². The highest BCUT2D eigenvalue weighted by molar-refractivity contribution is 5.88. The number of aryl methyl sites for hydroxylation is 1. The van der Waals surface area contributed by atoms with Gasteiger partial charge >= 0.3 is 6.09 Å². The molecule has 0 aliphatic rings. The molecular formula is C15H20N2O3. The monoisotopic (exact) mass is 276 g/mol. The Hall–Kier alpha value is -1.88. The van der Waals surface area contributed by atoms with E-state index in [2.05, 4.69) is 4.98 Å². The molecule has 2 rings (SSSR count). The van der Waals surface area contributed by atoms with Crippen LogP contribution in [0.25, 0.3) is 11.0 Å². The van der Waals surface area contributed by atoms with Gasteiger partial charge in [-0.1, -0.05) is 13.0 Å². The number of hydrogen-bond acceptors (Lipinski definition) is 4. The van der Waals surface area contributed by atoms with E-state index in [1.165, 1.54) is 4.57 Å². The van der Waals surface area contributed by atoms with Crippen LogP contribution in [-0.4, -0.2) is 26.4 Å². The van der Waals surface area contributed by atoms with Gasteiger partial charge in [-0.2, -0.15) is 0 Å². The number of aromatic nitrogens is 2. The standard InChI is InChI=1S/C15H20N2O3/c1-5-15(3,4)20-14(19)17-12-7-6-10(2)8-11(12)16-13(17)9-18/h6-8,18H,5,9H2,1-4H3. The predicted molar refractivity (Wildman–Crippen MR) is 76.6 cm³/mol. The Morgan fingerprint density at radius 2 is 2.15 bits per heavy atom. The SMILES string of the molecule is CCC(C)(C)OC(=O)n1c(CO)nc2cc(C)ccc21. The minimum absolute atomic E-state index is 0.294. The van der Waals surface area contributed by atoms with Crippen molar-refractivity contribution in [3.05, 3.63) is 29.6 Å². The normalized spacial score (nSPS) is 11.8. The molecule has 0 saturated carbocycles. The van der Waals surface area contributed by atoms with Crippen LogP contribution in [0.2, 0.25) is 0 Å². The molecule has 0 amide bonds. The third kappa shape index (κ3) is 2.67. The Bertz CT molecular complexity index is 644. The summed E-state index contributed by atoms with van der Waals surface area (Å²) < 4.78 is 6.82. The van der Waals surface area contributed by atoms with Crippen molar-refractivity contribution in [3.63, 3.8) is 0 Å². The number of rotatable bonds is 3. The first-order valence-corrected chi connectivity index (χ1v) is 6.70. The van der Waals surface area contributed by atoms with Gasteiger partial charge in [0.25, 0.3) is 0 Å². The lowest BCUT2D eigenvalue weighted by molar-refractivity contribution is 0.0367. The molecule has 1 aromatic carbocycles. The van der Waals surface area contributed by atoms with Crippen LogP contribution in [0, 0.1) is 6.92 Å². The van der Waals surface area contributed by atoms with Gasteiger partial charge in [-0.05, 0) is 44.9 Å². The topological polar surface area (TPSA) is 64.3 Å². The summed E-state index contributed by atoms with van der Waals surface area (Å²) in [5.41, 5.74) is 1.83. The number of carbonyl (C=O) groups excluding carboxylic acids is 1. The lowest BCUT2D eigenvalue weighted by Gasteiger charge is -2.23. The van der Waals surface area contributed by atoms with Crippen molar-refractivity contribution >= 4 is 17.1 Å². The van der Waals surface area contributed by atoms with E-state index in [1.54, 1.807) is 0 Å². The van der Waals surface area contributed by atoms with Gasteiger partial charge < -0.3 is 9.84 Å². The molecular weight excluding hydrogens is 256 g/mol. The molecule has 5 heteroatoms. The Labute approximate surface area is 118 Å². The number of hydrogen-bond donors (Lipinski definition) is 1. The molecule has 1 N–H and O–H groups in total. The summed E-state index contributed by atoms with van der Waals surface area (Å²) in [7, 11) is 0. The van der Waals surface area contributed by atoms with Crippen molar-refractivity contribution < 1.29 is 14.6 Å². The molecule has 20 heavy (non-hydrogen) atoms. The summed E-state index contributed by atoms with van der Waals surface area (Å²) in [6.45, 7) is 7.31. The van der Waals surface area contributed by atoms with E-state index in [0.717, 1.165) is 5.56 Å². The Balaban J connectivity index is 2.49. The maximum Gasteiger partial charge on any atom is 0.420 e. The smallest absolute Gasteiger partial charge is 0.420 e. The van der Waals surface area contributed by atoms with Gasteiger partial charge in [0.05, 0.1) is 11.0 Å². The largest absolute Gasteiger partial charge is 0.443 e. The summed E-state index contributed by atoms with van der Waals surface area (Å²) in [6, 6.07) is 5.60. The summed E-state index contributed by atoms with van der Waals surface area (Å²) in [5.74, 6) is 0.294. The lowest BCUT2D eigenvalue weighted by atomic mass is 10.1. The molecule has 108 valence electrons. The van der Waals surface area contributed by atoms with E-state index in [4.69, 9.17) is 4.74 Å². The molecule has 0 aliphatic heterocycles. The maximum absolute atomic E-state index is 12.3. The Kier molecular flexibility index (Phi) is 3.81. The number of imidazole rings is 1. The van der Waals surface area contributed by atoms with Gasteiger partial charge in [-0.25, -0.2) is 14.3 Å². The van der Waals surface area contributed by atoms with Crippen molar-refractivity contribution in [2.75, 3.05) is 0 Å². The average Bonchev–Trinajstić information content (AvgIpc) is 2.75. The van der Waals surface area contributed by atoms with Crippen molar-refractivity contribution in [2.24, 2.45) is 0 Å². The quantitative estimate of drug-likeness (QED) is 0.936. The second-order valence-electron chi connectivity index (χ2n) is 5.49. The van der Waals surface area contributed by atoms with Gasteiger partial charge in [-0.3, -0.25) is 0 Å². The van der Waals surface area contributed by atoms with Crippen molar-refractivity contribution in [3.8, 4) is 0 Å². The highest BCUT2D eigenvalue weighted by Crippen LogP contribution is 2.21. The molecule has 0 aliphatic carbocycles. The van der Waals surface area contributed by atoms with Gasteiger partial charge in [-0.15, -0.1) is 0 Å². The number of carbonyl (C=O) groups is 1. The first kappa shape index (κ1) is 14.5. The third-order valence-corrected chi connectivity index (χ3v) is 3.42. The lowest BCUT2D eigenvalue weighted by Crippen LogP contribution is -2.30. The first-order chi connectivity index (χ1) is 9.38. The van der Waals surface area contributed by atoms with Gasteiger partial charge in [0.15, 0.2) is 0 Å². The first-order valence-electron chi connectivity index (χ1n) is 6.70. The Morgan fingerprint density at radius 3 is 2.75 bits per heavy atom. The molecule has 0 saturated heterocycles. The molecule has 0 atom stereocenters. The molecule has 1 heterocycles. The average molecular weight is 276 g/mol. The Morgan fingerprint density at radius 1 is 1.45 bits per heavy atom. The van der Waals surface area contributed by atoms with E-state index >= 15 is 0 Å². The summed E-state index contributed by atoms with van der Waals surface area (Å²) in [6.07, 6.45) is 0.200. The molecule has 2 aromatic rings. The number of nitrogens with zero attached hydrogens (tertiary/aromatic N) is 2. The van der Waals surface area contributed by atoms with Crippen LogP contribution in [0.3, 0.4) is 0 Å². The van der Waals surface area contributed by atoms with Crippen molar-refractivity contribution in [1.29, 1.82) is 0 Å². The van der Waals surface area contributed by atoms with Crippen LogP contribution in [0.5, 0.6) is 0 Å². The number of fused-ring (bicyclic) bond motifs is 1. The minimum atomic E-state index is -0.550. The van der Waals surface area contributed by atoms with Crippen LogP contribution in [-0.2, 0) is 11.3 Å². The van der Waals surface area contributed by atoms with Crippen molar-refractivity contribution in [2.45, 2.75) is 46.3 Å². The molecule has 0 spiro atoms. The van der Waals surface area contributed by atoms with Crippen LogP contribution < -0.4 is 0 Å². The van der Waals surface area contributed by atoms with Crippen LogP contribution in [0.15, 0.2) is 18.2 Å². The zero-order valence-electron chi connectivity index (χ0n) is 12.3. The van der Waals surface area contributed by atoms with Crippen LogP contribution in [0.4, 0.5) is 4.79 Å². The van der Waals surface area contributed by atoms with Gasteiger partial charge in [0.2, 0.25) is 0 Å². The summed E-state index contributed by atoms with van der Waals surface area (Å²) in [4.78, 5) is 16.6. The van der Waals surface area contributed by atoms with Crippen molar-refractivity contribution in [1.82, 2.24) is 9.55 Å². The number of benzene rings is 1. The molecule has 0 bridgehead atoms. The number of aliphatic hydroxyl groups is 1. The van der Waals surface area contributed by atoms with E-state index in [-0.39, 0.29) is 6.61 Å². The second kappa shape index (κ2) is 5.25. The van der Waals surface area contributed by atoms with Crippen LogP contribution >= 0.6 is 0 Å². The zero-order chi connectivity index (χ0) is 14.9. The number of aliphatic hydroxyl groups excluding tert-OH is 1. The maximum atomic E-state index is 12.3. The number of ether oxygens (including phenoxy) is 1. The molecule has 1 aromatic heterocycles. The van der Waals surface area contributed by atoms with E-state index in [9.17, 15) is 9.90 Å². The van der Waals surface area contributed by atoms with E-state index in [1.807, 2.05) is 45.9 Å². The molecule has 0 fully saturated rings. The second-order valence-corrected chi connectivity index (χ2v) is 5.49. The molecule has 5 nitrogen and oxygen atoms in total. The zero-order valence-corrected chi connectivity index (χ0v) is 12.3. The molecule has 0 radical (unpaired) electrons. The van der Waals surface area contributed by atoms with Gasteiger partial charge in [0.1, 0.15) is 18.0 Å². The molecule has 0 unspecified atom stereocenters. The fourth-order valence-electron chi connectivity index (χ4n) is 1.90. The minimum Gasteiger partial charge on any atom is -0.443 e. The fourth-order valence-corrected chi connectivity index (χ4v) is 1.90.